The molecular formula is C25H26N2O4S2. The number of hydrogen-bond donors (Lipinski definition) is 1. The minimum absolute atomic E-state index is 0.164. The van der Waals surface area contributed by atoms with Crippen molar-refractivity contribution in [1.82, 2.24) is 4.31 Å². The van der Waals surface area contributed by atoms with Crippen LogP contribution in [0.5, 0.6) is 0 Å². The fourth-order valence-electron chi connectivity index (χ4n) is 3.57. The molecule has 172 valence electrons. The number of ether oxygens (including phenoxy) is 1. The summed E-state index contributed by atoms with van der Waals surface area (Å²) in [5.41, 5.74) is 2.16. The molecule has 1 unspecified atom stereocenters. The fourth-order valence-corrected chi connectivity index (χ4v) is 6.05. The number of aryl methyl sites for hydroxylation is 1. The van der Waals surface area contributed by atoms with E-state index >= 15 is 0 Å². The number of carbonyl (C=O) groups is 1. The number of amides is 1. The SMILES string of the molecule is Cc1ccc(S(=O)(=O)N2CCOCC2)cc1NC(=O)C(Sc1ccccc1)c1ccccc1. The van der Waals surface area contributed by atoms with Crippen LogP contribution >= 0.6 is 11.8 Å². The van der Waals surface area contributed by atoms with Gasteiger partial charge in [-0.05, 0) is 42.3 Å². The van der Waals surface area contributed by atoms with Crippen LogP contribution in [-0.4, -0.2) is 44.9 Å². The third kappa shape index (κ3) is 5.65. The second-order valence-corrected chi connectivity index (χ2v) is 10.8. The lowest BCUT2D eigenvalue weighted by Crippen LogP contribution is -2.40. The van der Waals surface area contributed by atoms with Gasteiger partial charge in [0.2, 0.25) is 15.9 Å². The van der Waals surface area contributed by atoms with Crippen LogP contribution in [0.2, 0.25) is 0 Å². The number of nitrogens with one attached hydrogen (secondary N) is 1. The molecule has 1 aliphatic rings. The molecule has 0 radical (unpaired) electrons. The Labute approximate surface area is 199 Å². The molecule has 1 N–H and O–H groups in total. The standard InChI is InChI=1S/C25H26N2O4S2/c1-19-12-13-22(33(29,30)27-14-16-31-17-15-27)18-23(19)26-25(28)24(20-8-4-2-5-9-20)32-21-10-6-3-7-11-21/h2-13,18,24H,14-17H2,1H3,(H,26,28). The molecule has 0 aliphatic carbocycles. The molecule has 1 fully saturated rings. The van der Waals surface area contributed by atoms with Gasteiger partial charge in [-0.25, -0.2) is 8.42 Å². The molecule has 8 heteroatoms. The maximum atomic E-state index is 13.4. The van der Waals surface area contributed by atoms with Gasteiger partial charge in [0, 0.05) is 23.7 Å². The molecule has 0 bridgehead atoms. The van der Waals surface area contributed by atoms with Crippen LogP contribution in [0.4, 0.5) is 5.69 Å². The Hall–Kier alpha value is -2.65. The first kappa shape index (κ1) is 23.5. The van der Waals surface area contributed by atoms with E-state index in [2.05, 4.69) is 5.32 Å². The Morgan fingerprint density at radius 3 is 2.27 bits per heavy atom. The van der Waals surface area contributed by atoms with E-state index in [4.69, 9.17) is 4.74 Å². The number of morpholine rings is 1. The van der Waals surface area contributed by atoms with Crippen LogP contribution in [-0.2, 0) is 19.6 Å². The highest BCUT2D eigenvalue weighted by molar-refractivity contribution is 8.00. The predicted octanol–water partition coefficient (Wildman–Crippen LogP) is 4.49. The lowest BCUT2D eigenvalue weighted by Gasteiger charge is -2.26. The first-order valence-corrected chi connectivity index (χ1v) is 13.0. The van der Waals surface area contributed by atoms with Gasteiger partial charge in [-0.1, -0.05) is 54.6 Å². The number of rotatable bonds is 7. The highest BCUT2D eigenvalue weighted by atomic mass is 32.2. The van der Waals surface area contributed by atoms with E-state index < -0.39 is 15.3 Å². The van der Waals surface area contributed by atoms with E-state index in [1.807, 2.05) is 67.6 Å². The third-order valence-electron chi connectivity index (χ3n) is 5.41. The first-order chi connectivity index (χ1) is 15.9. The number of hydrogen-bond acceptors (Lipinski definition) is 5. The number of anilines is 1. The van der Waals surface area contributed by atoms with E-state index in [1.165, 1.54) is 16.1 Å². The first-order valence-electron chi connectivity index (χ1n) is 10.7. The van der Waals surface area contributed by atoms with Gasteiger partial charge in [0.05, 0.1) is 18.1 Å². The number of benzene rings is 3. The number of carbonyl (C=O) groups excluding carboxylic acids is 1. The summed E-state index contributed by atoms with van der Waals surface area (Å²) >= 11 is 1.46. The van der Waals surface area contributed by atoms with Gasteiger partial charge in [-0.2, -0.15) is 4.31 Å². The quantitative estimate of drug-likeness (QED) is 0.502. The van der Waals surface area contributed by atoms with Gasteiger partial charge >= 0.3 is 0 Å². The summed E-state index contributed by atoms with van der Waals surface area (Å²) in [5.74, 6) is -0.209. The van der Waals surface area contributed by atoms with E-state index in [-0.39, 0.29) is 10.8 Å². The molecule has 3 aromatic carbocycles. The summed E-state index contributed by atoms with van der Waals surface area (Å²) < 4.78 is 32.9. The zero-order valence-electron chi connectivity index (χ0n) is 18.3. The van der Waals surface area contributed by atoms with Crippen molar-refractivity contribution >= 4 is 33.4 Å². The highest BCUT2D eigenvalue weighted by Gasteiger charge is 2.28. The van der Waals surface area contributed by atoms with Crippen molar-refractivity contribution in [1.29, 1.82) is 0 Å². The minimum Gasteiger partial charge on any atom is -0.379 e. The monoisotopic (exact) mass is 482 g/mol. The summed E-state index contributed by atoms with van der Waals surface area (Å²) in [7, 11) is -3.66. The molecule has 3 aromatic rings. The molecule has 33 heavy (non-hydrogen) atoms. The van der Waals surface area contributed by atoms with Crippen molar-refractivity contribution in [2.45, 2.75) is 22.0 Å². The fraction of sp³-hybridized carbons (Fsp3) is 0.240. The largest absolute Gasteiger partial charge is 0.379 e. The van der Waals surface area contributed by atoms with E-state index in [9.17, 15) is 13.2 Å². The summed E-state index contributed by atoms with van der Waals surface area (Å²) in [5, 5.41) is 2.48. The molecule has 1 amide bonds. The van der Waals surface area contributed by atoms with Crippen LogP contribution in [0.15, 0.2) is 88.7 Å². The highest BCUT2D eigenvalue weighted by Crippen LogP contribution is 2.36. The van der Waals surface area contributed by atoms with Crippen LogP contribution in [0.1, 0.15) is 16.4 Å². The van der Waals surface area contributed by atoms with E-state index in [0.29, 0.717) is 32.0 Å². The molecule has 0 aromatic heterocycles. The predicted molar refractivity (Wildman–Crippen MR) is 131 cm³/mol. The van der Waals surface area contributed by atoms with Crippen molar-refractivity contribution in [2.24, 2.45) is 0 Å². The maximum absolute atomic E-state index is 13.4. The minimum atomic E-state index is -3.66. The molecule has 1 aliphatic heterocycles. The average molecular weight is 483 g/mol. The van der Waals surface area contributed by atoms with Crippen LogP contribution < -0.4 is 5.32 Å². The Morgan fingerprint density at radius 2 is 1.61 bits per heavy atom. The smallest absolute Gasteiger partial charge is 0.243 e. The maximum Gasteiger partial charge on any atom is 0.243 e. The lowest BCUT2D eigenvalue weighted by atomic mass is 10.1. The summed E-state index contributed by atoms with van der Waals surface area (Å²) in [4.78, 5) is 14.6. The van der Waals surface area contributed by atoms with Crippen molar-refractivity contribution in [3.63, 3.8) is 0 Å². The van der Waals surface area contributed by atoms with Gasteiger partial charge in [0.25, 0.3) is 0 Å². The van der Waals surface area contributed by atoms with Gasteiger partial charge in [0.1, 0.15) is 5.25 Å². The van der Waals surface area contributed by atoms with Crippen molar-refractivity contribution < 1.29 is 17.9 Å². The number of nitrogens with zero attached hydrogens (tertiary/aromatic N) is 1. The molecule has 1 saturated heterocycles. The van der Waals surface area contributed by atoms with Crippen molar-refractivity contribution in [3.05, 3.63) is 90.0 Å². The average Bonchev–Trinajstić information content (AvgIpc) is 2.85. The van der Waals surface area contributed by atoms with Crippen molar-refractivity contribution in [2.75, 3.05) is 31.6 Å². The molecule has 1 heterocycles. The third-order valence-corrected chi connectivity index (χ3v) is 8.57. The normalized spacial score (nSPS) is 15.7. The molecule has 1 atom stereocenters. The zero-order valence-corrected chi connectivity index (χ0v) is 19.9. The van der Waals surface area contributed by atoms with Crippen molar-refractivity contribution in [3.8, 4) is 0 Å². The van der Waals surface area contributed by atoms with Gasteiger partial charge < -0.3 is 10.1 Å². The van der Waals surface area contributed by atoms with E-state index in [1.54, 1.807) is 18.2 Å². The van der Waals surface area contributed by atoms with Gasteiger partial charge in [-0.15, -0.1) is 11.8 Å². The Morgan fingerprint density at radius 1 is 0.970 bits per heavy atom. The molecule has 4 rings (SSSR count). The number of sulfonamides is 1. The van der Waals surface area contributed by atoms with Crippen LogP contribution in [0.3, 0.4) is 0 Å². The molecule has 6 nitrogen and oxygen atoms in total. The molecular weight excluding hydrogens is 456 g/mol. The Balaban J connectivity index is 1.61. The topological polar surface area (TPSA) is 75.7 Å². The van der Waals surface area contributed by atoms with Gasteiger partial charge in [0.15, 0.2) is 0 Å². The second-order valence-electron chi connectivity index (χ2n) is 7.70. The van der Waals surface area contributed by atoms with E-state index in [0.717, 1.165) is 16.0 Å². The van der Waals surface area contributed by atoms with Gasteiger partial charge in [-0.3, -0.25) is 4.79 Å². The summed E-state index contributed by atoms with van der Waals surface area (Å²) in [6.07, 6.45) is 0. The molecule has 0 spiro atoms. The summed E-state index contributed by atoms with van der Waals surface area (Å²) in [6.45, 7) is 3.25. The Kier molecular flexibility index (Phi) is 7.49. The second kappa shape index (κ2) is 10.5. The zero-order chi connectivity index (χ0) is 23.3. The summed E-state index contributed by atoms with van der Waals surface area (Å²) in [6, 6.07) is 24.2. The Bertz CT molecular complexity index is 1200. The molecule has 0 saturated carbocycles. The van der Waals surface area contributed by atoms with Crippen LogP contribution in [0, 0.1) is 6.92 Å². The lowest BCUT2D eigenvalue weighted by molar-refractivity contribution is -0.115. The van der Waals surface area contributed by atoms with Crippen LogP contribution in [0.25, 0.3) is 0 Å². The number of thioether (sulfide) groups is 1.